The van der Waals surface area contributed by atoms with Crippen LogP contribution in [0.1, 0.15) is 27.7 Å². The van der Waals surface area contributed by atoms with Crippen molar-refractivity contribution < 1.29 is 55.6 Å². The molecule has 11 heteroatoms. The molecule has 0 aliphatic heterocycles. The van der Waals surface area contributed by atoms with E-state index in [2.05, 4.69) is 16.0 Å². The number of carbonyl (C=O) groups excluding carboxylic acids is 4. The van der Waals surface area contributed by atoms with E-state index in [0.29, 0.717) is 6.54 Å². The Kier molecular flexibility index (Phi) is 40.4. The van der Waals surface area contributed by atoms with E-state index in [9.17, 15) is 0 Å². The first-order chi connectivity index (χ1) is 9.20. The molecule has 0 aliphatic carbocycles. The Hall–Kier alpha value is -1.68. The van der Waals surface area contributed by atoms with Crippen molar-refractivity contribution in [1.29, 1.82) is 0 Å². The van der Waals surface area contributed by atoms with Gasteiger partial charge in [-0.2, -0.15) is 0 Å². The van der Waals surface area contributed by atoms with Crippen LogP contribution in [0.15, 0.2) is 0 Å². The van der Waals surface area contributed by atoms with Gasteiger partial charge >= 0.3 is 39.0 Å². The van der Waals surface area contributed by atoms with Crippen LogP contribution in [0.25, 0.3) is 0 Å². The number of nitrogens with two attached hydrogens (primary N) is 2. The van der Waals surface area contributed by atoms with Crippen molar-refractivity contribution in [2.75, 3.05) is 6.54 Å². The topological polar surface area (TPSA) is 213 Å². The zero-order valence-electron chi connectivity index (χ0n) is 12.1. The summed E-state index contributed by atoms with van der Waals surface area (Å²) in [6.45, 7) is 4.39. The van der Waals surface area contributed by atoms with Crippen LogP contribution < -0.4 is 31.9 Å². The van der Waals surface area contributed by atoms with Gasteiger partial charge in [-0.05, 0) is 27.7 Å². The summed E-state index contributed by atoms with van der Waals surface area (Å²) in [6.07, 6.45) is 0. The van der Waals surface area contributed by atoms with Gasteiger partial charge in [-0.25, -0.2) is 0 Å². The molecule has 1 atom stereocenters. The maximum absolute atomic E-state index is 8.89. The van der Waals surface area contributed by atoms with E-state index in [1.807, 2.05) is 0 Å². The Labute approximate surface area is 130 Å². The van der Waals surface area contributed by atoms with Crippen molar-refractivity contribution in [1.82, 2.24) is 0 Å². The SMILES string of the molecule is CC(=O)[O-].CC(=O)[O-].CC(=O)[O-].CC(=O)[O-].NC[CH](N)[Mn+4]. The molecule has 0 saturated carbocycles. The van der Waals surface area contributed by atoms with E-state index in [1.54, 1.807) is 0 Å². The molecule has 4 N–H and O–H groups in total. The molecule has 0 aliphatic rings. The summed E-state index contributed by atoms with van der Waals surface area (Å²) in [5.41, 5.74) is 10.1. The number of hydrogen-bond donors (Lipinski definition) is 2. The van der Waals surface area contributed by atoms with Crippen LogP contribution in [0.2, 0.25) is 0 Å². The molecule has 0 spiro atoms. The first-order valence-electron chi connectivity index (χ1n) is 5.00. The summed E-state index contributed by atoms with van der Waals surface area (Å²) >= 11 is 3.03. The van der Waals surface area contributed by atoms with Crippen LogP contribution in [0.4, 0.5) is 0 Å². The van der Waals surface area contributed by atoms with Gasteiger partial charge in [0.1, 0.15) is 0 Å². The Morgan fingerprint density at radius 2 is 0.857 bits per heavy atom. The summed E-state index contributed by atoms with van der Waals surface area (Å²) in [7, 11) is 0. The van der Waals surface area contributed by atoms with Crippen molar-refractivity contribution >= 4 is 23.9 Å². The number of hydrogen-bond acceptors (Lipinski definition) is 10. The van der Waals surface area contributed by atoms with Gasteiger partial charge in [0.25, 0.3) is 0 Å². The third-order valence-corrected chi connectivity index (χ3v) is 0.503. The average Bonchev–Trinajstić information content (AvgIpc) is 2.13. The molecule has 0 aromatic rings. The van der Waals surface area contributed by atoms with Gasteiger partial charge in [-0.3, -0.25) is 0 Å². The fourth-order valence-electron chi connectivity index (χ4n) is 0. The molecule has 0 aromatic heterocycles. The maximum atomic E-state index is 8.89. The molecule has 21 heavy (non-hydrogen) atoms. The van der Waals surface area contributed by atoms with Crippen molar-refractivity contribution in [3.63, 3.8) is 0 Å². The number of carboxylic acids is 4. The summed E-state index contributed by atoms with van der Waals surface area (Å²) < 4.78 is 0. The summed E-state index contributed by atoms with van der Waals surface area (Å²) in [4.78, 5) is 35.5. The second-order valence-electron chi connectivity index (χ2n) is 2.72. The fourth-order valence-corrected chi connectivity index (χ4v) is 0. The van der Waals surface area contributed by atoms with E-state index in [4.69, 9.17) is 51.1 Å². The first-order valence-corrected chi connectivity index (χ1v) is 5.68. The van der Waals surface area contributed by atoms with E-state index in [1.165, 1.54) is 0 Å². The predicted octanol–water partition coefficient (Wildman–Crippen LogP) is -6.20. The Bertz CT molecular complexity index is 220. The predicted molar refractivity (Wildman–Crippen MR) is 59.8 cm³/mol. The number of carbonyl (C=O) groups is 4. The van der Waals surface area contributed by atoms with Crippen LogP contribution >= 0.6 is 0 Å². The van der Waals surface area contributed by atoms with Gasteiger partial charge in [0, 0.05) is 23.9 Å². The molecule has 0 saturated heterocycles. The monoisotopic (exact) mass is 350 g/mol. The summed E-state index contributed by atoms with van der Waals surface area (Å²) in [6, 6.07) is 0. The molecular weight excluding hydrogens is 331 g/mol. The summed E-state index contributed by atoms with van der Waals surface area (Å²) in [5, 5.41) is 35.6. The van der Waals surface area contributed by atoms with Crippen molar-refractivity contribution in [3.05, 3.63) is 0 Å². The number of rotatable bonds is 1. The Morgan fingerprint density at radius 3 is 0.857 bits per heavy atom. The van der Waals surface area contributed by atoms with E-state index < -0.39 is 23.9 Å². The van der Waals surface area contributed by atoms with Crippen molar-refractivity contribution in [3.8, 4) is 0 Å². The molecule has 0 bridgehead atoms. The van der Waals surface area contributed by atoms with Gasteiger partial charge in [0.2, 0.25) is 0 Å². The van der Waals surface area contributed by atoms with Gasteiger partial charge < -0.3 is 39.6 Å². The van der Waals surface area contributed by atoms with E-state index in [-0.39, 0.29) is 4.94 Å². The first kappa shape index (κ1) is 31.6. The molecule has 1 unspecified atom stereocenters. The second kappa shape index (κ2) is 26.8. The average molecular weight is 350 g/mol. The van der Waals surface area contributed by atoms with Gasteiger partial charge in [-0.15, -0.1) is 0 Å². The Morgan fingerprint density at radius 1 is 0.810 bits per heavy atom. The molecule has 0 heterocycles. The molecule has 0 rings (SSSR count). The van der Waals surface area contributed by atoms with Crippen LogP contribution in [0.3, 0.4) is 0 Å². The molecular formula is C10H19MnN2O8. The van der Waals surface area contributed by atoms with Gasteiger partial charge in [0.15, 0.2) is 0 Å². The fraction of sp³-hybridized carbons (Fsp3) is 0.600. The normalized spacial score (nSPS) is 8.24. The Balaban J connectivity index is -0.0000000510. The van der Waals surface area contributed by atoms with Crippen LogP contribution in [-0.2, 0) is 35.2 Å². The summed E-state index contributed by atoms with van der Waals surface area (Å²) in [5.74, 6) is -4.33. The molecule has 0 radical (unpaired) electrons. The van der Waals surface area contributed by atoms with Crippen molar-refractivity contribution in [2.24, 2.45) is 11.5 Å². The zero-order valence-corrected chi connectivity index (χ0v) is 13.3. The van der Waals surface area contributed by atoms with E-state index >= 15 is 0 Å². The standard InChI is InChI=1S/C2H7N2.4C2H4O2.Mn/c3-1-2-4;4*1-2(3)4;/h1H,2-4H2;4*1H3,(H,3,4);/q;;;;;+4/p-4. The molecule has 0 aromatic carbocycles. The van der Waals surface area contributed by atoms with Crippen LogP contribution in [-0.4, -0.2) is 35.4 Å². The quantitative estimate of drug-likeness (QED) is 0.427. The van der Waals surface area contributed by atoms with E-state index in [0.717, 1.165) is 27.7 Å². The molecule has 124 valence electrons. The minimum atomic E-state index is -1.08. The van der Waals surface area contributed by atoms with Crippen LogP contribution in [0.5, 0.6) is 0 Å². The molecule has 0 amide bonds. The number of carboxylic acid groups (broad SMARTS) is 4. The zero-order chi connectivity index (χ0) is 18.6. The third-order valence-electron chi connectivity index (χ3n) is 0.225. The second-order valence-corrected chi connectivity index (χ2v) is 3.59. The third kappa shape index (κ3) is 47800. The molecule has 0 fully saturated rings. The van der Waals surface area contributed by atoms with Gasteiger partial charge in [0.05, 0.1) is 0 Å². The number of aliphatic carboxylic acids is 4. The van der Waals surface area contributed by atoms with Crippen molar-refractivity contribution in [2.45, 2.75) is 32.6 Å². The minimum absolute atomic E-state index is 0.0255. The van der Waals surface area contributed by atoms with Crippen LogP contribution in [0, 0.1) is 0 Å². The van der Waals surface area contributed by atoms with Gasteiger partial charge in [-0.1, -0.05) is 0 Å². The molecule has 10 nitrogen and oxygen atoms in total.